The molecule has 0 aromatic heterocycles. The van der Waals surface area contributed by atoms with Crippen molar-refractivity contribution in [3.05, 3.63) is 0 Å². The smallest absolute Gasteiger partial charge is 0.245 e. The van der Waals surface area contributed by atoms with E-state index in [4.69, 9.17) is 0 Å². The van der Waals surface area contributed by atoms with Gasteiger partial charge in [0, 0.05) is 25.6 Å². The molecule has 0 bridgehead atoms. The molecule has 0 aromatic carbocycles. The van der Waals surface area contributed by atoms with Gasteiger partial charge in [-0.25, -0.2) is 0 Å². The first-order chi connectivity index (χ1) is 7.72. The first kappa shape index (κ1) is 11.4. The minimum atomic E-state index is -0.273. The molecule has 2 atom stereocenters. The molecule has 90 valence electrons. The van der Waals surface area contributed by atoms with Crippen LogP contribution < -0.4 is 10.6 Å². The SMILES string of the molecule is CNCC1CCCN1C(=O)[C@H]1CCC(=O)N1. The summed E-state index contributed by atoms with van der Waals surface area (Å²) in [6, 6.07) is 0.0277. The maximum Gasteiger partial charge on any atom is 0.245 e. The lowest BCUT2D eigenvalue weighted by Gasteiger charge is -2.27. The second kappa shape index (κ2) is 4.82. The fraction of sp³-hybridized carbons (Fsp3) is 0.818. The van der Waals surface area contributed by atoms with Crippen molar-refractivity contribution in [3.8, 4) is 0 Å². The Labute approximate surface area is 95.6 Å². The summed E-state index contributed by atoms with van der Waals surface area (Å²) in [4.78, 5) is 25.2. The van der Waals surface area contributed by atoms with Gasteiger partial charge in [-0.3, -0.25) is 9.59 Å². The molecule has 2 aliphatic rings. The molecule has 2 rings (SSSR count). The fourth-order valence-corrected chi connectivity index (χ4v) is 2.57. The lowest BCUT2D eigenvalue weighted by atomic mass is 10.1. The van der Waals surface area contributed by atoms with Gasteiger partial charge in [-0.1, -0.05) is 0 Å². The van der Waals surface area contributed by atoms with Crippen LogP contribution in [0.25, 0.3) is 0 Å². The van der Waals surface area contributed by atoms with Gasteiger partial charge in [0.1, 0.15) is 6.04 Å². The van der Waals surface area contributed by atoms with Crippen molar-refractivity contribution in [2.45, 2.75) is 37.8 Å². The van der Waals surface area contributed by atoms with E-state index in [2.05, 4.69) is 10.6 Å². The van der Waals surface area contributed by atoms with Crippen molar-refractivity contribution in [1.29, 1.82) is 0 Å². The van der Waals surface area contributed by atoms with Crippen LogP contribution in [-0.2, 0) is 9.59 Å². The molecule has 5 heteroatoms. The van der Waals surface area contributed by atoms with Crippen molar-refractivity contribution in [3.63, 3.8) is 0 Å². The number of hydrogen-bond acceptors (Lipinski definition) is 3. The number of likely N-dealkylation sites (N-methyl/N-ethyl adjacent to an activating group) is 1. The minimum absolute atomic E-state index is 0.00251. The molecule has 2 aliphatic heterocycles. The molecule has 0 radical (unpaired) electrons. The lowest BCUT2D eigenvalue weighted by molar-refractivity contribution is -0.135. The molecular formula is C11H19N3O2. The van der Waals surface area contributed by atoms with Crippen LogP contribution in [0.4, 0.5) is 0 Å². The second-order valence-corrected chi connectivity index (χ2v) is 4.54. The summed E-state index contributed by atoms with van der Waals surface area (Å²) in [6.45, 7) is 1.67. The highest BCUT2D eigenvalue weighted by Crippen LogP contribution is 2.20. The predicted molar refractivity (Wildman–Crippen MR) is 59.8 cm³/mol. The summed E-state index contributed by atoms with van der Waals surface area (Å²) in [7, 11) is 1.90. The van der Waals surface area contributed by atoms with Crippen LogP contribution in [0.3, 0.4) is 0 Å². The lowest BCUT2D eigenvalue weighted by Crippen LogP contribution is -2.48. The Morgan fingerprint density at radius 2 is 2.38 bits per heavy atom. The maximum absolute atomic E-state index is 12.2. The van der Waals surface area contributed by atoms with Crippen LogP contribution in [0.2, 0.25) is 0 Å². The highest BCUT2D eigenvalue weighted by atomic mass is 16.2. The molecule has 2 heterocycles. The number of amides is 2. The van der Waals surface area contributed by atoms with Gasteiger partial charge in [0.15, 0.2) is 0 Å². The molecule has 0 spiro atoms. The molecule has 0 aromatic rings. The van der Waals surface area contributed by atoms with E-state index in [1.54, 1.807) is 0 Å². The van der Waals surface area contributed by atoms with Gasteiger partial charge in [0.2, 0.25) is 11.8 Å². The molecule has 0 saturated carbocycles. The zero-order valence-electron chi connectivity index (χ0n) is 9.66. The van der Waals surface area contributed by atoms with Crippen molar-refractivity contribution >= 4 is 11.8 Å². The number of carbonyl (C=O) groups excluding carboxylic acids is 2. The highest BCUT2D eigenvalue weighted by Gasteiger charge is 2.35. The largest absolute Gasteiger partial charge is 0.344 e. The standard InChI is InChI=1S/C11H19N3O2/c1-12-7-8-3-2-6-14(8)11(16)9-4-5-10(15)13-9/h8-9,12H,2-7H2,1H3,(H,13,15)/t8?,9-/m1/s1. The Morgan fingerprint density at radius 3 is 3.00 bits per heavy atom. The van der Waals surface area contributed by atoms with E-state index in [9.17, 15) is 9.59 Å². The predicted octanol–water partition coefficient (Wildman–Crippen LogP) is -0.525. The van der Waals surface area contributed by atoms with Crippen LogP contribution in [0.5, 0.6) is 0 Å². The number of nitrogens with zero attached hydrogens (tertiary/aromatic N) is 1. The van der Waals surface area contributed by atoms with E-state index >= 15 is 0 Å². The average Bonchev–Trinajstić information content (AvgIpc) is 2.87. The van der Waals surface area contributed by atoms with Crippen LogP contribution >= 0.6 is 0 Å². The van der Waals surface area contributed by atoms with E-state index in [1.165, 1.54) is 0 Å². The normalized spacial score (nSPS) is 29.6. The first-order valence-electron chi connectivity index (χ1n) is 5.97. The summed E-state index contributed by atoms with van der Waals surface area (Å²) < 4.78 is 0. The number of likely N-dealkylation sites (tertiary alicyclic amines) is 1. The fourth-order valence-electron chi connectivity index (χ4n) is 2.57. The van der Waals surface area contributed by atoms with Crippen molar-refractivity contribution in [2.24, 2.45) is 0 Å². The van der Waals surface area contributed by atoms with Gasteiger partial charge in [0.05, 0.1) is 0 Å². The third-order valence-corrected chi connectivity index (χ3v) is 3.39. The highest BCUT2D eigenvalue weighted by molar-refractivity contribution is 5.91. The van der Waals surface area contributed by atoms with Crippen molar-refractivity contribution in [1.82, 2.24) is 15.5 Å². The molecule has 2 fully saturated rings. The molecule has 1 unspecified atom stereocenters. The number of rotatable bonds is 3. The topological polar surface area (TPSA) is 61.4 Å². The van der Waals surface area contributed by atoms with E-state index in [1.807, 2.05) is 11.9 Å². The van der Waals surface area contributed by atoms with E-state index < -0.39 is 0 Å². The quantitative estimate of drug-likeness (QED) is 0.679. The Kier molecular flexibility index (Phi) is 3.43. The van der Waals surface area contributed by atoms with Crippen LogP contribution in [0.1, 0.15) is 25.7 Å². The zero-order valence-corrected chi connectivity index (χ0v) is 9.66. The van der Waals surface area contributed by atoms with Crippen molar-refractivity contribution in [2.75, 3.05) is 20.1 Å². The van der Waals surface area contributed by atoms with Gasteiger partial charge in [-0.2, -0.15) is 0 Å². The summed E-state index contributed by atoms with van der Waals surface area (Å²) in [5.74, 6) is 0.103. The number of carbonyl (C=O) groups is 2. The van der Waals surface area contributed by atoms with Gasteiger partial charge in [-0.15, -0.1) is 0 Å². The monoisotopic (exact) mass is 225 g/mol. The summed E-state index contributed by atoms with van der Waals surface area (Å²) >= 11 is 0. The van der Waals surface area contributed by atoms with Crippen LogP contribution in [0, 0.1) is 0 Å². The minimum Gasteiger partial charge on any atom is -0.344 e. The number of hydrogen-bond donors (Lipinski definition) is 2. The molecule has 2 amide bonds. The average molecular weight is 225 g/mol. The Balaban J connectivity index is 1.95. The van der Waals surface area contributed by atoms with Gasteiger partial charge in [-0.05, 0) is 26.3 Å². The van der Waals surface area contributed by atoms with Crippen LogP contribution in [-0.4, -0.2) is 48.9 Å². The van der Waals surface area contributed by atoms with E-state index in [0.29, 0.717) is 18.9 Å². The molecule has 0 aliphatic carbocycles. The van der Waals surface area contributed by atoms with Gasteiger partial charge < -0.3 is 15.5 Å². The maximum atomic E-state index is 12.2. The summed E-state index contributed by atoms with van der Waals surface area (Å²) in [5, 5.41) is 5.86. The summed E-state index contributed by atoms with van der Waals surface area (Å²) in [5.41, 5.74) is 0. The molecule has 16 heavy (non-hydrogen) atoms. The second-order valence-electron chi connectivity index (χ2n) is 4.54. The van der Waals surface area contributed by atoms with E-state index in [0.717, 1.165) is 25.9 Å². The Morgan fingerprint density at radius 1 is 1.56 bits per heavy atom. The zero-order chi connectivity index (χ0) is 11.5. The summed E-state index contributed by atoms with van der Waals surface area (Å²) in [6.07, 6.45) is 3.27. The molecule has 2 saturated heterocycles. The van der Waals surface area contributed by atoms with Gasteiger partial charge in [0.25, 0.3) is 0 Å². The molecular weight excluding hydrogens is 206 g/mol. The first-order valence-corrected chi connectivity index (χ1v) is 5.97. The van der Waals surface area contributed by atoms with E-state index in [-0.39, 0.29) is 17.9 Å². The van der Waals surface area contributed by atoms with Crippen LogP contribution in [0.15, 0.2) is 0 Å². The van der Waals surface area contributed by atoms with Gasteiger partial charge >= 0.3 is 0 Å². The number of nitrogens with one attached hydrogen (secondary N) is 2. The third kappa shape index (κ3) is 2.19. The third-order valence-electron chi connectivity index (χ3n) is 3.39. The van der Waals surface area contributed by atoms with Crippen molar-refractivity contribution < 1.29 is 9.59 Å². The Hall–Kier alpha value is -1.10. The Bertz CT molecular complexity index is 293. The molecule has 2 N–H and O–H groups in total. The molecule has 5 nitrogen and oxygen atoms in total.